The van der Waals surface area contributed by atoms with Crippen LogP contribution in [0.4, 0.5) is 10.5 Å². The van der Waals surface area contributed by atoms with E-state index in [0.29, 0.717) is 29.8 Å². The van der Waals surface area contributed by atoms with Crippen molar-refractivity contribution >= 4 is 23.3 Å². The molecule has 0 spiro atoms. The normalized spacial score (nSPS) is 16.0. The van der Waals surface area contributed by atoms with E-state index in [4.69, 9.17) is 11.6 Å². The lowest BCUT2D eigenvalue weighted by Crippen LogP contribution is -2.41. The Morgan fingerprint density at radius 1 is 1.33 bits per heavy atom. The zero-order valence-electron chi connectivity index (χ0n) is 11.4. The maximum absolute atomic E-state index is 12.2. The van der Waals surface area contributed by atoms with Crippen molar-refractivity contribution in [3.05, 3.63) is 41.7 Å². The molecule has 0 aliphatic carbocycles. The maximum Gasteiger partial charge on any atom is 0.321 e. The summed E-state index contributed by atoms with van der Waals surface area (Å²) >= 11 is 5.91. The van der Waals surface area contributed by atoms with Gasteiger partial charge in [-0.15, -0.1) is 5.10 Å². The maximum atomic E-state index is 12.2. The van der Waals surface area contributed by atoms with Gasteiger partial charge in [-0.1, -0.05) is 22.9 Å². The second kappa shape index (κ2) is 6.13. The van der Waals surface area contributed by atoms with Crippen molar-refractivity contribution in [2.45, 2.75) is 18.9 Å². The molecule has 0 unspecified atom stereocenters. The largest absolute Gasteiger partial charge is 0.324 e. The van der Waals surface area contributed by atoms with Crippen LogP contribution in [-0.4, -0.2) is 39.0 Å². The summed E-state index contributed by atoms with van der Waals surface area (Å²) in [6.07, 6.45) is 5.31. The molecule has 1 saturated heterocycles. The summed E-state index contributed by atoms with van der Waals surface area (Å²) in [5.41, 5.74) is 0.714. The Kier molecular flexibility index (Phi) is 4.06. The van der Waals surface area contributed by atoms with Gasteiger partial charge < -0.3 is 10.2 Å². The minimum Gasteiger partial charge on any atom is -0.324 e. The van der Waals surface area contributed by atoms with Gasteiger partial charge in [-0.2, -0.15) is 0 Å². The van der Waals surface area contributed by atoms with Gasteiger partial charge in [-0.05, 0) is 31.0 Å². The Morgan fingerprint density at radius 2 is 2.14 bits per heavy atom. The second-order valence-electron chi connectivity index (χ2n) is 5.04. The zero-order valence-corrected chi connectivity index (χ0v) is 12.2. The number of hydrogen-bond donors (Lipinski definition) is 1. The van der Waals surface area contributed by atoms with Crippen LogP contribution < -0.4 is 5.32 Å². The molecule has 0 radical (unpaired) electrons. The standard InChI is InChI=1S/C14H16ClN5O/c15-11-2-1-3-12(10-11)17-14(21)19-7-4-13(5-8-19)20-9-6-16-18-20/h1-3,6,9-10,13H,4-5,7-8H2,(H,17,21). The molecule has 2 aromatic rings. The number of aromatic nitrogens is 3. The number of nitrogens with one attached hydrogen (secondary N) is 1. The highest BCUT2D eigenvalue weighted by atomic mass is 35.5. The minimum atomic E-state index is -0.0886. The first-order valence-corrected chi connectivity index (χ1v) is 7.27. The summed E-state index contributed by atoms with van der Waals surface area (Å²) in [7, 11) is 0. The molecule has 7 heteroatoms. The van der Waals surface area contributed by atoms with Crippen LogP contribution in [0.25, 0.3) is 0 Å². The third-order valence-corrected chi connectivity index (χ3v) is 3.88. The molecule has 1 aromatic heterocycles. The number of rotatable bonds is 2. The molecule has 1 aliphatic heterocycles. The molecule has 110 valence electrons. The van der Waals surface area contributed by atoms with Gasteiger partial charge in [0.15, 0.2) is 0 Å². The fraction of sp³-hybridized carbons (Fsp3) is 0.357. The third-order valence-electron chi connectivity index (χ3n) is 3.64. The lowest BCUT2D eigenvalue weighted by Gasteiger charge is -2.31. The molecule has 1 N–H and O–H groups in total. The summed E-state index contributed by atoms with van der Waals surface area (Å²) in [5, 5.41) is 11.3. The average Bonchev–Trinajstić information content (AvgIpc) is 3.01. The lowest BCUT2D eigenvalue weighted by molar-refractivity contribution is 0.179. The number of halogens is 1. The molecular formula is C14H16ClN5O. The SMILES string of the molecule is O=C(Nc1cccc(Cl)c1)N1CCC(n2ccnn2)CC1. The lowest BCUT2D eigenvalue weighted by atomic mass is 10.1. The van der Waals surface area contributed by atoms with Crippen LogP contribution in [0.5, 0.6) is 0 Å². The second-order valence-corrected chi connectivity index (χ2v) is 5.48. The first-order valence-electron chi connectivity index (χ1n) is 6.89. The summed E-state index contributed by atoms with van der Waals surface area (Å²) in [4.78, 5) is 14.0. The number of nitrogens with zero attached hydrogens (tertiary/aromatic N) is 4. The fourth-order valence-electron chi connectivity index (χ4n) is 2.51. The quantitative estimate of drug-likeness (QED) is 0.928. The summed E-state index contributed by atoms with van der Waals surface area (Å²) in [6.45, 7) is 1.41. The Morgan fingerprint density at radius 3 is 2.81 bits per heavy atom. The number of hydrogen-bond acceptors (Lipinski definition) is 3. The number of urea groups is 1. The van der Waals surface area contributed by atoms with E-state index in [1.165, 1.54) is 0 Å². The number of benzene rings is 1. The number of likely N-dealkylation sites (tertiary alicyclic amines) is 1. The summed E-state index contributed by atoms with van der Waals surface area (Å²) < 4.78 is 1.87. The van der Waals surface area contributed by atoms with Crippen LogP contribution in [0, 0.1) is 0 Å². The smallest absolute Gasteiger partial charge is 0.321 e. The van der Waals surface area contributed by atoms with Crippen molar-refractivity contribution < 1.29 is 4.79 Å². The predicted molar refractivity (Wildman–Crippen MR) is 80.3 cm³/mol. The van der Waals surface area contributed by atoms with Crippen LogP contribution in [-0.2, 0) is 0 Å². The highest BCUT2D eigenvalue weighted by Crippen LogP contribution is 2.22. The topological polar surface area (TPSA) is 63.1 Å². The first kappa shape index (κ1) is 13.9. The van der Waals surface area contributed by atoms with Gasteiger partial charge in [-0.25, -0.2) is 9.48 Å². The monoisotopic (exact) mass is 305 g/mol. The van der Waals surface area contributed by atoms with Crippen LogP contribution >= 0.6 is 11.6 Å². The Bertz CT molecular complexity index is 608. The van der Waals surface area contributed by atoms with E-state index in [9.17, 15) is 4.79 Å². The molecule has 0 atom stereocenters. The molecule has 3 rings (SSSR count). The van der Waals surface area contributed by atoms with Gasteiger partial charge >= 0.3 is 6.03 Å². The predicted octanol–water partition coefficient (Wildman–Crippen LogP) is 2.80. The van der Waals surface area contributed by atoms with Gasteiger partial charge in [0.05, 0.1) is 12.2 Å². The van der Waals surface area contributed by atoms with Gasteiger partial charge in [-0.3, -0.25) is 0 Å². The van der Waals surface area contributed by atoms with Crippen LogP contribution in [0.1, 0.15) is 18.9 Å². The highest BCUT2D eigenvalue weighted by molar-refractivity contribution is 6.30. The number of anilines is 1. The van der Waals surface area contributed by atoms with E-state index in [1.54, 1.807) is 18.3 Å². The van der Waals surface area contributed by atoms with Crippen molar-refractivity contribution in [3.8, 4) is 0 Å². The van der Waals surface area contributed by atoms with Gasteiger partial charge in [0.1, 0.15) is 0 Å². The van der Waals surface area contributed by atoms with Crippen LogP contribution in [0.3, 0.4) is 0 Å². The molecule has 1 aromatic carbocycles. The molecular weight excluding hydrogens is 290 g/mol. The van der Waals surface area contributed by atoms with Gasteiger partial charge in [0.25, 0.3) is 0 Å². The molecule has 2 amide bonds. The molecule has 1 aliphatic rings. The van der Waals surface area contributed by atoms with Crippen molar-refractivity contribution in [1.29, 1.82) is 0 Å². The van der Waals surface area contributed by atoms with E-state index < -0.39 is 0 Å². The summed E-state index contributed by atoms with van der Waals surface area (Å²) in [6, 6.07) is 7.39. The van der Waals surface area contributed by atoms with Crippen molar-refractivity contribution in [2.24, 2.45) is 0 Å². The minimum absolute atomic E-state index is 0.0886. The Hall–Kier alpha value is -2.08. The number of carbonyl (C=O) groups is 1. The van der Waals surface area contributed by atoms with E-state index in [1.807, 2.05) is 27.9 Å². The van der Waals surface area contributed by atoms with E-state index in [0.717, 1.165) is 12.8 Å². The first-order chi connectivity index (χ1) is 10.2. The molecule has 21 heavy (non-hydrogen) atoms. The molecule has 0 bridgehead atoms. The number of carbonyl (C=O) groups excluding carboxylic acids is 1. The molecule has 0 saturated carbocycles. The Balaban J connectivity index is 1.55. The molecule has 6 nitrogen and oxygen atoms in total. The highest BCUT2D eigenvalue weighted by Gasteiger charge is 2.24. The van der Waals surface area contributed by atoms with Crippen molar-refractivity contribution in [3.63, 3.8) is 0 Å². The zero-order chi connectivity index (χ0) is 14.7. The van der Waals surface area contributed by atoms with Crippen LogP contribution in [0.2, 0.25) is 5.02 Å². The number of piperidine rings is 1. The third kappa shape index (κ3) is 3.33. The Labute approximate surface area is 127 Å². The average molecular weight is 306 g/mol. The van der Waals surface area contributed by atoms with Gasteiger partial charge in [0, 0.05) is 30.0 Å². The van der Waals surface area contributed by atoms with Gasteiger partial charge in [0.2, 0.25) is 0 Å². The van der Waals surface area contributed by atoms with E-state index in [-0.39, 0.29) is 6.03 Å². The fourth-order valence-corrected chi connectivity index (χ4v) is 2.70. The molecule has 1 fully saturated rings. The van der Waals surface area contributed by atoms with Crippen molar-refractivity contribution in [2.75, 3.05) is 18.4 Å². The molecule has 2 heterocycles. The van der Waals surface area contributed by atoms with Crippen LogP contribution in [0.15, 0.2) is 36.7 Å². The summed E-state index contributed by atoms with van der Waals surface area (Å²) in [5.74, 6) is 0. The number of amides is 2. The van der Waals surface area contributed by atoms with E-state index in [2.05, 4.69) is 15.6 Å². The van der Waals surface area contributed by atoms with E-state index >= 15 is 0 Å². The van der Waals surface area contributed by atoms with Crippen molar-refractivity contribution in [1.82, 2.24) is 19.9 Å².